The highest BCUT2D eigenvalue weighted by Crippen LogP contribution is 2.23. The summed E-state index contributed by atoms with van der Waals surface area (Å²) in [4.78, 5) is 13.8. The highest BCUT2D eigenvalue weighted by atomic mass is 32.2. The molecule has 0 aliphatic heterocycles. The van der Waals surface area contributed by atoms with Gasteiger partial charge >= 0.3 is 0 Å². The van der Waals surface area contributed by atoms with Crippen LogP contribution in [0, 0.1) is 13.8 Å². The number of rotatable bonds is 6. The van der Waals surface area contributed by atoms with Crippen LogP contribution in [0.25, 0.3) is 0 Å². The average Bonchev–Trinajstić information content (AvgIpc) is 2.67. The van der Waals surface area contributed by atoms with Crippen molar-refractivity contribution in [1.82, 2.24) is 5.32 Å². The zero-order valence-corrected chi connectivity index (χ0v) is 16.8. The van der Waals surface area contributed by atoms with Crippen molar-refractivity contribution < 1.29 is 4.79 Å². The first-order valence-corrected chi connectivity index (χ1v) is 10.2. The van der Waals surface area contributed by atoms with Crippen molar-refractivity contribution in [3.63, 3.8) is 0 Å². The summed E-state index contributed by atoms with van der Waals surface area (Å²) < 4.78 is 0. The van der Waals surface area contributed by atoms with E-state index in [-0.39, 0.29) is 11.9 Å². The summed E-state index contributed by atoms with van der Waals surface area (Å²) in [5.41, 5.74) is 5.50. The number of amides is 1. The van der Waals surface area contributed by atoms with E-state index in [1.807, 2.05) is 49.4 Å². The monoisotopic (exact) mass is 375 g/mol. The molecule has 0 aromatic heterocycles. The predicted octanol–water partition coefficient (Wildman–Crippen LogP) is 6.09. The van der Waals surface area contributed by atoms with Crippen molar-refractivity contribution in [3.8, 4) is 0 Å². The van der Waals surface area contributed by atoms with Crippen molar-refractivity contribution in [2.24, 2.45) is 0 Å². The molecule has 138 valence electrons. The van der Waals surface area contributed by atoms with Crippen LogP contribution in [0.2, 0.25) is 0 Å². The highest BCUT2D eigenvalue weighted by Gasteiger charge is 2.13. The van der Waals surface area contributed by atoms with Gasteiger partial charge in [0.05, 0.1) is 6.04 Å². The van der Waals surface area contributed by atoms with Crippen molar-refractivity contribution in [3.05, 3.63) is 101 Å². The quantitative estimate of drug-likeness (QED) is 0.528. The molecule has 2 nitrogen and oxygen atoms in total. The molecule has 0 heterocycles. The second-order valence-electron chi connectivity index (χ2n) is 6.85. The molecule has 3 rings (SSSR count). The molecule has 3 heteroatoms. The largest absolute Gasteiger partial charge is 0.346 e. The van der Waals surface area contributed by atoms with E-state index in [9.17, 15) is 4.79 Å². The van der Waals surface area contributed by atoms with Gasteiger partial charge in [-0.3, -0.25) is 4.79 Å². The zero-order chi connectivity index (χ0) is 19.2. The molecule has 1 amide bonds. The van der Waals surface area contributed by atoms with Crippen LogP contribution in [0.4, 0.5) is 0 Å². The molecule has 0 aliphatic carbocycles. The first-order valence-electron chi connectivity index (χ1n) is 9.18. The number of aryl methyl sites for hydroxylation is 2. The van der Waals surface area contributed by atoms with Crippen LogP contribution >= 0.6 is 11.8 Å². The molecule has 1 N–H and O–H groups in total. The smallest absolute Gasteiger partial charge is 0.251 e. The first kappa shape index (κ1) is 19.2. The first-order chi connectivity index (χ1) is 13.0. The van der Waals surface area contributed by atoms with E-state index in [0.29, 0.717) is 5.56 Å². The average molecular weight is 376 g/mol. The molecule has 0 saturated heterocycles. The fourth-order valence-corrected chi connectivity index (χ4v) is 3.98. The molecule has 3 aromatic rings. The van der Waals surface area contributed by atoms with Crippen molar-refractivity contribution in [1.29, 1.82) is 0 Å². The Morgan fingerprint density at radius 1 is 0.963 bits per heavy atom. The van der Waals surface area contributed by atoms with Gasteiger partial charge in [-0.05, 0) is 61.7 Å². The number of carbonyl (C=O) groups is 1. The van der Waals surface area contributed by atoms with E-state index in [1.54, 1.807) is 11.8 Å². The number of hydrogen-bond donors (Lipinski definition) is 1. The number of nitrogens with one attached hydrogen (secondary N) is 1. The van der Waals surface area contributed by atoms with Crippen LogP contribution < -0.4 is 5.32 Å². The van der Waals surface area contributed by atoms with Gasteiger partial charge in [0.15, 0.2) is 0 Å². The molecule has 0 bridgehead atoms. The zero-order valence-electron chi connectivity index (χ0n) is 16.0. The van der Waals surface area contributed by atoms with Crippen molar-refractivity contribution in [2.75, 3.05) is 0 Å². The predicted molar refractivity (Wildman–Crippen MR) is 114 cm³/mol. The van der Waals surface area contributed by atoms with Crippen molar-refractivity contribution in [2.45, 2.75) is 37.5 Å². The number of hydrogen-bond acceptors (Lipinski definition) is 2. The Bertz CT molecular complexity index is 903. The van der Waals surface area contributed by atoms with Crippen LogP contribution in [0.1, 0.15) is 45.6 Å². The van der Waals surface area contributed by atoms with E-state index >= 15 is 0 Å². The summed E-state index contributed by atoms with van der Waals surface area (Å²) >= 11 is 1.80. The number of carbonyl (C=O) groups excluding carboxylic acids is 1. The second kappa shape index (κ2) is 8.92. The molecular formula is C24H25NOS. The molecule has 0 aliphatic rings. The van der Waals surface area contributed by atoms with Gasteiger partial charge in [0, 0.05) is 16.2 Å². The number of benzene rings is 3. The lowest BCUT2D eigenvalue weighted by molar-refractivity contribution is 0.0940. The van der Waals surface area contributed by atoms with E-state index < -0.39 is 0 Å². The molecule has 1 atom stereocenters. The standard InChI is InChI=1S/C24H25NOS/c1-17-9-14-23(18(2)15-17)19(3)25-24(26)21-12-10-20(11-13-21)16-27-22-7-5-4-6-8-22/h4-15,19H,16H2,1-3H3,(H,25,26). The van der Waals surface area contributed by atoms with Gasteiger partial charge in [-0.1, -0.05) is 54.1 Å². The molecule has 0 radical (unpaired) electrons. The Morgan fingerprint density at radius 3 is 2.33 bits per heavy atom. The summed E-state index contributed by atoms with van der Waals surface area (Å²) in [6, 6.07) is 24.5. The Kier molecular flexibility index (Phi) is 6.36. The minimum atomic E-state index is -0.0373. The van der Waals surface area contributed by atoms with Gasteiger partial charge in [0.2, 0.25) is 0 Å². The maximum Gasteiger partial charge on any atom is 0.251 e. The van der Waals surface area contributed by atoms with Gasteiger partial charge in [-0.25, -0.2) is 0 Å². The molecule has 0 spiro atoms. The molecular weight excluding hydrogens is 350 g/mol. The maximum atomic E-state index is 12.6. The lowest BCUT2D eigenvalue weighted by Crippen LogP contribution is -2.27. The summed E-state index contributed by atoms with van der Waals surface area (Å²) in [6.45, 7) is 6.20. The van der Waals surface area contributed by atoms with Crippen molar-refractivity contribution >= 4 is 17.7 Å². The third-order valence-electron chi connectivity index (χ3n) is 4.60. The molecule has 27 heavy (non-hydrogen) atoms. The Morgan fingerprint density at radius 2 is 1.67 bits per heavy atom. The number of thioether (sulfide) groups is 1. The Hall–Kier alpha value is -2.52. The minimum Gasteiger partial charge on any atom is -0.346 e. The topological polar surface area (TPSA) is 29.1 Å². The third kappa shape index (κ3) is 5.24. The molecule has 0 saturated carbocycles. The maximum absolute atomic E-state index is 12.6. The summed E-state index contributed by atoms with van der Waals surface area (Å²) in [7, 11) is 0. The molecule has 3 aromatic carbocycles. The fourth-order valence-electron chi connectivity index (χ4n) is 3.10. The molecule has 0 fully saturated rings. The van der Waals surface area contributed by atoms with Gasteiger partial charge < -0.3 is 5.32 Å². The van der Waals surface area contributed by atoms with Crippen LogP contribution in [-0.2, 0) is 5.75 Å². The van der Waals surface area contributed by atoms with Crippen LogP contribution in [0.15, 0.2) is 77.7 Å². The van der Waals surface area contributed by atoms with Gasteiger partial charge in [0.1, 0.15) is 0 Å². The van der Waals surface area contributed by atoms with E-state index in [0.717, 1.165) is 11.3 Å². The van der Waals surface area contributed by atoms with Crippen LogP contribution in [0.5, 0.6) is 0 Å². The Labute approximate surface area is 166 Å². The molecule has 1 unspecified atom stereocenters. The minimum absolute atomic E-state index is 0.0218. The summed E-state index contributed by atoms with van der Waals surface area (Å²) in [5, 5.41) is 3.11. The van der Waals surface area contributed by atoms with Gasteiger partial charge in [-0.15, -0.1) is 11.8 Å². The fraction of sp³-hybridized carbons (Fsp3) is 0.208. The van der Waals surface area contributed by atoms with Gasteiger partial charge in [-0.2, -0.15) is 0 Å². The van der Waals surface area contributed by atoms with E-state index in [2.05, 4.69) is 49.5 Å². The van der Waals surface area contributed by atoms with Crippen LogP contribution in [0.3, 0.4) is 0 Å². The van der Waals surface area contributed by atoms with E-state index in [4.69, 9.17) is 0 Å². The van der Waals surface area contributed by atoms with Crippen LogP contribution in [-0.4, -0.2) is 5.91 Å². The summed E-state index contributed by atoms with van der Waals surface area (Å²) in [5.74, 6) is 0.856. The second-order valence-corrected chi connectivity index (χ2v) is 7.90. The van der Waals surface area contributed by atoms with Gasteiger partial charge in [0.25, 0.3) is 5.91 Å². The summed E-state index contributed by atoms with van der Waals surface area (Å²) in [6.07, 6.45) is 0. The lowest BCUT2D eigenvalue weighted by Gasteiger charge is -2.17. The highest BCUT2D eigenvalue weighted by molar-refractivity contribution is 7.98. The van der Waals surface area contributed by atoms with E-state index in [1.165, 1.54) is 21.6 Å². The normalized spacial score (nSPS) is 11.8. The SMILES string of the molecule is Cc1ccc(C(C)NC(=O)c2ccc(CSc3ccccc3)cc2)c(C)c1. The third-order valence-corrected chi connectivity index (χ3v) is 5.69. The Balaban J connectivity index is 1.60. The lowest BCUT2D eigenvalue weighted by atomic mass is 10.00.